The molecule has 1 rings (SSSR count). The Morgan fingerprint density at radius 1 is 1.33 bits per heavy atom. The van der Waals surface area contributed by atoms with E-state index in [9.17, 15) is 9.18 Å². The van der Waals surface area contributed by atoms with E-state index >= 15 is 0 Å². The van der Waals surface area contributed by atoms with E-state index in [0.717, 1.165) is 12.0 Å². The number of halogens is 1. The smallest absolute Gasteiger partial charge is 0.221 e. The van der Waals surface area contributed by atoms with Crippen molar-refractivity contribution < 1.29 is 9.18 Å². The molecule has 0 bridgehead atoms. The minimum Gasteiger partial charge on any atom is -0.354 e. The average molecular weight is 252 g/mol. The molecule has 100 valence electrons. The van der Waals surface area contributed by atoms with Gasteiger partial charge in [-0.2, -0.15) is 0 Å². The molecule has 0 saturated heterocycles. The standard InChI is InChI=1S/C14H21FN2O/c1-3-11(2)17-14(18)8-9-16-10-12-4-6-13(15)7-5-12/h4-7,11,16H,3,8-10H2,1-2H3,(H,17,18). The van der Waals surface area contributed by atoms with E-state index in [-0.39, 0.29) is 17.8 Å². The highest BCUT2D eigenvalue weighted by atomic mass is 19.1. The molecule has 0 spiro atoms. The molecule has 0 aliphatic heterocycles. The first kappa shape index (κ1) is 14.6. The van der Waals surface area contributed by atoms with Crippen molar-refractivity contribution in [2.75, 3.05) is 6.54 Å². The van der Waals surface area contributed by atoms with E-state index in [1.54, 1.807) is 12.1 Å². The van der Waals surface area contributed by atoms with Gasteiger partial charge < -0.3 is 10.6 Å². The Labute approximate surface area is 108 Å². The third-order valence-electron chi connectivity index (χ3n) is 2.79. The van der Waals surface area contributed by atoms with E-state index in [1.807, 2.05) is 13.8 Å². The van der Waals surface area contributed by atoms with Gasteiger partial charge in [0.15, 0.2) is 0 Å². The number of rotatable bonds is 7. The second kappa shape index (κ2) is 7.82. The molecule has 1 aromatic rings. The summed E-state index contributed by atoms with van der Waals surface area (Å²) in [6.07, 6.45) is 1.40. The summed E-state index contributed by atoms with van der Waals surface area (Å²) in [5.74, 6) is -0.164. The van der Waals surface area contributed by atoms with Crippen molar-refractivity contribution in [1.29, 1.82) is 0 Å². The summed E-state index contributed by atoms with van der Waals surface area (Å²) >= 11 is 0. The van der Waals surface area contributed by atoms with E-state index in [1.165, 1.54) is 12.1 Å². The minimum absolute atomic E-state index is 0.0657. The van der Waals surface area contributed by atoms with Crippen LogP contribution in [-0.4, -0.2) is 18.5 Å². The molecular formula is C14H21FN2O. The topological polar surface area (TPSA) is 41.1 Å². The van der Waals surface area contributed by atoms with Crippen LogP contribution in [0, 0.1) is 5.82 Å². The van der Waals surface area contributed by atoms with Gasteiger partial charge in [0.2, 0.25) is 5.91 Å². The summed E-state index contributed by atoms with van der Waals surface area (Å²) in [6, 6.07) is 6.58. The number of benzene rings is 1. The lowest BCUT2D eigenvalue weighted by molar-refractivity contribution is -0.121. The maximum Gasteiger partial charge on any atom is 0.221 e. The van der Waals surface area contributed by atoms with E-state index in [4.69, 9.17) is 0 Å². The summed E-state index contributed by atoms with van der Waals surface area (Å²) in [5, 5.41) is 6.07. The lowest BCUT2D eigenvalue weighted by Crippen LogP contribution is -2.33. The number of hydrogen-bond acceptors (Lipinski definition) is 2. The van der Waals surface area contributed by atoms with Crippen LogP contribution < -0.4 is 10.6 Å². The van der Waals surface area contributed by atoms with E-state index < -0.39 is 0 Å². The number of carbonyl (C=O) groups excluding carboxylic acids is 1. The predicted octanol–water partition coefficient (Wildman–Crippen LogP) is 2.22. The molecule has 4 heteroatoms. The van der Waals surface area contributed by atoms with Crippen molar-refractivity contribution in [3.8, 4) is 0 Å². The van der Waals surface area contributed by atoms with Crippen LogP contribution in [0.5, 0.6) is 0 Å². The van der Waals surface area contributed by atoms with Gasteiger partial charge in [-0.1, -0.05) is 19.1 Å². The third kappa shape index (κ3) is 5.77. The molecule has 3 nitrogen and oxygen atoms in total. The zero-order chi connectivity index (χ0) is 13.4. The first-order valence-corrected chi connectivity index (χ1v) is 6.36. The maximum atomic E-state index is 12.7. The minimum atomic E-state index is -0.230. The largest absolute Gasteiger partial charge is 0.354 e. The summed E-state index contributed by atoms with van der Waals surface area (Å²) in [6.45, 7) is 5.30. The van der Waals surface area contributed by atoms with Crippen LogP contribution in [0.1, 0.15) is 32.3 Å². The third-order valence-corrected chi connectivity index (χ3v) is 2.79. The predicted molar refractivity (Wildman–Crippen MR) is 70.6 cm³/mol. The SMILES string of the molecule is CCC(C)NC(=O)CCNCc1ccc(F)cc1. The van der Waals surface area contributed by atoms with Crippen molar-refractivity contribution in [2.45, 2.75) is 39.3 Å². The molecular weight excluding hydrogens is 231 g/mol. The van der Waals surface area contributed by atoms with Crippen molar-refractivity contribution in [3.63, 3.8) is 0 Å². The Balaban J connectivity index is 2.15. The monoisotopic (exact) mass is 252 g/mol. The molecule has 0 fully saturated rings. The van der Waals surface area contributed by atoms with Crippen LogP contribution in [0.15, 0.2) is 24.3 Å². The normalized spacial score (nSPS) is 12.2. The fourth-order valence-corrected chi connectivity index (χ4v) is 1.49. The molecule has 0 aliphatic rings. The van der Waals surface area contributed by atoms with Crippen molar-refractivity contribution in [3.05, 3.63) is 35.6 Å². The molecule has 1 atom stereocenters. The highest BCUT2D eigenvalue weighted by Crippen LogP contribution is 2.01. The number of nitrogens with one attached hydrogen (secondary N) is 2. The van der Waals surface area contributed by atoms with Gasteiger partial charge in [0.1, 0.15) is 5.82 Å². The van der Waals surface area contributed by atoms with Crippen LogP contribution in [0.25, 0.3) is 0 Å². The second-order valence-corrected chi connectivity index (χ2v) is 4.43. The molecule has 0 aromatic heterocycles. The highest BCUT2D eigenvalue weighted by Gasteiger charge is 2.04. The van der Waals surface area contributed by atoms with E-state index in [2.05, 4.69) is 10.6 Å². The molecule has 1 unspecified atom stereocenters. The van der Waals surface area contributed by atoms with E-state index in [0.29, 0.717) is 19.5 Å². The summed E-state index contributed by atoms with van der Waals surface area (Å²) in [4.78, 5) is 11.5. The quantitative estimate of drug-likeness (QED) is 0.731. The Morgan fingerprint density at radius 2 is 2.00 bits per heavy atom. The Hall–Kier alpha value is -1.42. The zero-order valence-corrected chi connectivity index (χ0v) is 11.0. The number of carbonyl (C=O) groups is 1. The molecule has 0 radical (unpaired) electrons. The van der Waals surface area contributed by atoms with Crippen LogP contribution in [0.3, 0.4) is 0 Å². The zero-order valence-electron chi connectivity index (χ0n) is 11.0. The van der Waals surface area contributed by atoms with Gasteiger partial charge in [-0.15, -0.1) is 0 Å². The maximum absolute atomic E-state index is 12.7. The fourth-order valence-electron chi connectivity index (χ4n) is 1.49. The molecule has 0 aliphatic carbocycles. The molecule has 0 heterocycles. The van der Waals surface area contributed by atoms with Gasteiger partial charge in [0.05, 0.1) is 0 Å². The van der Waals surface area contributed by atoms with Crippen LogP contribution in [-0.2, 0) is 11.3 Å². The van der Waals surface area contributed by atoms with Crippen molar-refractivity contribution in [1.82, 2.24) is 10.6 Å². The second-order valence-electron chi connectivity index (χ2n) is 4.43. The highest BCUT2D eigenvalue weighted by molar-refractivity contribution is 5.76. The lowest BCUT2D eigenvalue weighted by atomic mass is 10.2. The van der Waals surface area contributed by atoms with Gasteiger partial charge in [0, 0.05) is 25.6 Å². The number of hydrogen-bond donors (Lipinski definition) is 2. The first-order chi connectivity index (χ1) is 8.61. The van der Waals surface area contributed by atoms with Gasteiger partial charge in [-0.05, 0) is 31.0 Å². The Morgan fingerprint density at radius 3 is 2.61 bits per heavy atom. The molecule has 1 aromatic carbocycles. The summed E-state index contributed by atoms with van der Waals surface area (Å²) < 4.78 is 12.7. The average Bonchev–Trinajstić information content (AvgIpc) is 2.36. The molecule has 2 N–H and O–H groups in total. The van der Waals surface area contributed by atoms with Crippen LogP contribution in [0.2, 0.25) is 0 Å². The lowest BCUT2D eigenvalue weighted by Gasteiger charge is -2.11. The van der Waals surface area contributed by atoms with Crippen molar-refractivity contribution >= 4 is 5.91 Å². The Kier molecular flexibility index (Phi) is 6.36. The van der Waals surface area contributed by atoms with Gasteiger partial charge in [0.25, 0.3) is 0 Å². The Bertz CT molecular complexity index is 365. The molecule has 0 saturated carbocycles. The number of amides is 1. The van der Waals surface area contributed by atoms with Crippen molar-refractivity contribution in [2.24, 2.45) is 0 Å². The van der Waals surface area contributed by atoms with Gasteiger partial charge in [-0.25, -0.2) is 4.39 Å². The van der Waals surface area contributed by atoms with Crippen LogP contribution >= 0.6 is 0 Å². The fraction of sp³-hybridized carbons (Fsp3) is 0.500. The molecule has 1 amide bonds. The van der Waals surface area contributed by atoms with Gasteiger partial charge >= 0.3 is 0 Å². The summed E-state index contributed by atoms with van der Waals surface area (Å²) in [7, 11) is 0. The molecule has 18 heavy (non-hydrogen) atoms. The van der Waals surface area contributed by atoms with Gasteiger partial charge in [-0.3, -0.25) is 4.79 Å². The summed E-state index contributed by atoms with van der Waals surface area (Å²) in [5.41, 5.74) is 1.01. The first-order valence-electron chi connectivity index (χ1n) is 6.36. The van der Waals surface area contributed by atoms with Crippen LogP contribution in [0.4, 0.5) is 4.39 Å².